The fourth-order valence-corrected chi connectivity index (χ4v) is 4.72. The second-order valence-corrected chi connectivity index (χ2v) is 9.98. The molecule has 0 saturated carbocycles. The SMILES string of the molecule is CN(C)CCCN(C)C(=N)c1csc(-c2nc3ccc(Cl)cc3c(=O)n2-c2ccc(Cl)cn2)c1. The van der Waals surface area contributed by atoms with E-state index in [9.17, 15) is 4.79 Å². The number of hydrogen-bond acceptors (Lipinski definition) is 6. The van der Waals surface area contributed by atoms with Crippen LogP contribution in [0.1, 0.15) is 12.0 Å². The van der Waals surface area contributed by atoms with Gasteiger partial charge in [-0.15, -0.1) is 11.3 Å². The van der Waals surface area contributed by atoms with Crippen molar-refractivity contribution in [2.45, 2.75) is 6.42 Å². The van der Waals surface area contributed by atoms with Gasteiger partial charge in [0, 0.05) is 35.8 Å². The van der Waals surface area contributed by atoms with Gasteiger partial charge in [-0.25, -0.2) is 14.5 Å². The number of pyridine rings is 1. The first-order chi connectivity index (χ1) is 16.2. The molecule has 0 bridgehead atoms. The van der Waals surface area contributed by atoms with Crippen molar-refractivity contribution in [2.24, 2.45) is 0 Å². The minimum atomic E-state index is -0.275. The zero-order chi connectivity index (χ0) is 24.4. The van der Waals surface area contributed by atoms with Crippen LogP contribution in [-0.4, -0.2) is 64.4 Å². The fourth-order valence-electron chi connectivity index (χ4n) is 3.57. The number of fused-ring (bicyclic) bond motifs is 1. The third-order valence-corrected chi connectivity index (χ3v) is 6.73. The van der Waals surface area contributed by atoms with Crippen LogP contribution in [0.25, 0.3) is 27.4 Å². The summed E-state index contributed by atoms with van der Waals surface area (Å²) in [5.74, 6) is 1.28. The number of amidine groups is 1. The smallest absolute Gasteiger partial charge is 0.267 e. The van der Waals surface area contributed by atoms with Gasteiger partial charge in [0.1, 0.15) is 11.7 Å². The van der Waals surface area contributed by atoms with Gasteiger partial charge >= 0.3 is 0 Å². The first-order valence-corrected chi connectivity index (χ1v) is 12.3. The Morgan fingerprint density at radius 1 is 1.09 bits per heavy atom. The molecule has 4 aromatic rings. The van der Waals surface area contributed by atoms with Gasteiger partial charge in [0.15, 0.2) is 5.82 Å². The highest BCUT2D eigenvalue weighted by molar-refractivity contribution is 7.13. The van der Waals surface area contributed by atoms with E-state index in [4.69, 9.17) is 33.6 Å². The Balaban J connectivity index is 1.77. The minimum absolute atomic E-state index is 0.275. The maximum absolute atomic E-state index is 13.5. The van der Waals surface area contributed by atoms with Gasteiger partial charge in [0.05, 0.1) is 20.8 Å². The number of nitrogens with zero attached hydrogens (tertiary/aromatic N) is 5. The van der Waals surface area contributed by atoms with Crippen LogP contribution >= 0.6 is 34.5 Å². The lowest BCUT2D eigenvalue weighted by Crippen LogP contribution is -2.29. The van der Waals surface area contributed by atoms with E-state index in [-0.39, 0.29) is 5.56 Å². The van der Waals surface area contributed by atoms with Crippen molar-refractivity contribution in [3.8, 4) is 16.5 Å². The summed E-state index contributed by atoms with van der Waals surface area (Å²) < 4.78 is 1.47. The molecule has 0 spiro atoms. The number of halogens is 2. The van der Waals surface area contributed by atoms with Crippen molar-refractivity contribution < 1.29 is 0 Å². The molecule has 3 heterocycles. The zero-order valence-electron chi connectivity index (χ0n) is 19.0. The average molecular weight is 515 g/mol. The van der Waals surface area contributed by atoms with Gasteiger partial charge in [-0.1, -0.05) is 23.2 Å². The molecule has 0 atom stereocenters. The molecule has 0 saturated heterocycles. The first-order valence-electron chi connectivity index (χ1n) is 10.6. The van der Waals surface area contributed by atoms with Gasteiger partial charge in [-0.2, -0.15) is 0 Å². The number of hydrogen-bond donors (Lipinski definition) is 1. The Kier molecular flexibility index (Phi) is 7.33. The van der Waals surface area contributed by atoms with Crippen LogP contribution in [0, 0.1) is 5.41 Å². The van der Waals surface area contributed by atoms with Crippen LogP contribution in [-0.2, 0) is 0 Å². The van der Waals surface area contributed by atoms with Crippen LogP contribution in [0.3, 0.4) is 0 Å². The van der Waals surface area contributed by atoms with E-state index in [2.05, 4.69) is 9.88 Å². The predicted molar refractivity (Wildman–Crippen MR) is 141 cm³/mol. The molecule has 0 amide bonds. The molecule has 0 aliphatic carbocycles. The van der Waals surface area contributed by atoms with Crippen LogP contribution in [0.15, 0.2) is 52.8 Å². The number of aromatic nitrogens is 3. The molecule has 0 unspecified atom stereocenters. The number of rotatable bonds is 7. The summed E-state index contributed by atoms with van der Waals surface area (Å²) in [6.45, 7) is 1.73. The third kappa shape index (κ3) is 5.15. The highest BCUT2D eigenvalue weighted by Gasteiger charge is 2.19. The average Bonchev–Trinajstić information content (AvgIpc) is 3.29. The molecule has 4 rings (SSSR count). The van der Waals surface area contributed by atoms with E-state index in [0.29, 0.717) is 38.4 Å². The number of thiophene rings is 1. The van der Waals surface area contributed by atoms with Crippen molar-refractivity contribution >= 4 is 51.3 Å². The van der Waals surface area contributed by atoms with Crippen LogP contribution in [0.4, 0.5) is 0 Å². The molecule has 1 aromatic carbocycles. The molecule has 0 radical (unpaired) electrons. The van der Waals surface area contributed by atoms with E-state index >= 15 is 0 Å². The summed E-state index contributed by atoms with van der Waals surface area (Å²) in [6, 6.07) is 10.3. The van der Waals surface area contributed by atoms with Crippen molar-refractivity contribution in [1.29, 1.82) is 5.41 Å². The second kappa shape index (κ2) is 10.2. The Bertz CT molecular complexity index is 1400. The van der Waals surface area contributed by atoms with E-state index in [1.54, 1.807) is 30.3 Å². The first kappa shape index (κ1) is 24.3. The van der Waals surface area contributed by atoms with E-state index in [1.165, 1.54) is 22.1 Å². The van der Waals surface area contributed by atoms with Crippen LogP contribution in [0.5, 0.6) is 0 Å². The lowest BCUT2D eigenvalue weighted by Gasteiger charge is -2.20. The Hall–Kier alpha value is -2.78. The zero-order valence-corrected chi connectivity index (χ0v) is 21.4. The van der Waals surface area contributed by atoms with Gasteiger partial charge in [0.25, 0.3) is 5.56 Å². The summed E-state index contributed by atoms with van der Waals surface area (Å²) in [4.78, 5) is 27.5. The normalized spacial score (nSPS) is 11.4. The summed E-state index contributed by atoms with van der Waals surface area (Å²) >= 11 is 13.6. The van der Waals surface area contributed by atoms with Crippen molar-refractivity contribution in [3.05, 3.63) is 73.9 Å². The molecular weight excluding hydrogens is 491 g/mol. The van der Waals surface area contributed by atoms with Gasteiger partial charge in [-0.05, 0) is 63.5 Å². The largest absolute Gasteiger partial charge is 0.360 e. The van der Waals surface area contributed by atoms with Gasteiger partial charge in [-0.3, -0.25) is 10.2 Å². The molecule has 0 aliphatic heterocycles. The fraction of sp³-hybridized carbons (Fsp3) is 0.250. The van der Waals surface area contributed by atoms with Crippen LogP contribution in [0.2, 0.25) is 10.0 Å². The second-order valence-electron chi connectivity index (χ2n) is 8.20. The molecule has 3 aromatic heterocycles. The summed E-state index contributed by atoms with van der Waals surface area (Å²) in [6.07, 6.45) is 2.45. The molecule has 176 valence electrons. The highest BCUT2D eigenvalue weighted by atomic mass is 35.5. The predicted octanol–water partition coefficient (Wildman–Crippen LogP) is 5.02. The van der Waals surface area contributed by atoms with Crippen molar-refractivity contribution in [2.75, 3.05) is 34.2 Å². The lowest BCUT2D eigenvalue weighted by atomic mass is 10.2. The standard InChI is InChI=1S/C24H24Cl2N6OS/c1-30(2)9-4-10-31(3)22(27)15-11-20(34-14-15)23-29-19-7-5-16(25)12-18(19)24(33)32(23)21-8-6-17(26)13-28-21/h5-8,11-14,27H,4,9-10H2,1-3H3. The monoisotopic (exact) mass is 514 g/mol. The molecule has 7 nitrogen and oxygen atoms in total. The topological polar surface area (TPSA) is 78.1 Å². The van der Waals surface area contributed by atoms with E-state index < -0.39 is 0 Å². The summed E-state index contributed by atoms with van der Waals surface area (Å²) in [5, 5.41) is 11.9. The van der Waals surface area contributed by atoms with Gasteiger partial charge < -0.3 is 9.80 Å². The Morgan fingerprint density at radius 2 is 1.85 bits per heavy atom. The van der Waals surface area contributed by atoms with Crippen molar-refractivity contribution in [1.82, 2.24) is 24.3 Å². The maximum Gasteiger partial charge on any atom is 0.267 e. The highest BCUT2D eigenvalue weighted by Crippen LogP contribution is 2.29. The lowest BCUT2D eigenvalue weighted by molar-refractivity contribution is 0.369. The molecule has 1 N–H and O–H groups in total. The maximum atomic E-state index is 13.5. The Labute approximate surface area is 211 Å². The molecule has 10 heteroatoms. The van der Waals surface area contributed by atoms with Crippen LogP contribution < -0.4 is 5.56 Å². The Morgan fingerprint density at radius 3 is 2.56 bits per heavy atom. The molecule has 34 heavy (non-hydrogen) atoms. The molecule has 0 aliphatic rings. The van der Waals surface area contributed by atoms with Crippen molar-refractivity contribution in [3.63, 3.8) is 0 Å². The summed E-state index contributed by atoms with van der Waals surface area (Å²) in [7, 11) is 5.99. The van der Waals surface area contributed by atoms with E-state index in [0.717, 1.165) is 30.0 Å². The molecular formula is C24H24Cl2N6OS. The quantitative estimate of drug-likeness (QED) is 0.276. The van der Waals surface area contributed by atoms with E-state index in [1.807, 2.05) is 37.5 Å². The third-order valence-electron chi connectivity index (χ3n) is 5.34. The summed E-state index contributed by atoms with van der Waals surface area (Å²) in [5.41, 5.74) is 1.04. The number of benzene rings is 1. The number of nitrogens with one attached hydrogen (secondary N) is 1. The van der Waals surface area contributed by atoms with Gasteiger partial charge in [0.2, 0.25) is 0 Å². The molecule has 0 fully saturated rings. The minimum Gasteiger partial charge on any atom is -0.360 e.